The average molecular weight is 261 g/mol. The first-order chi connectivity index (χ1) is 9.11. The molecule has 0 unspecified atom stereocenters. The minimum atomic E-state index is 0.513. The maximum Gasteiger partial charge on any atom is 0.258 e. The van der Waals surface area contributed by atoms with Crippen molar-refractivity contribution >= 4 is 5.69 Å². The molecule has 102 valence electrons. The highest BCUT2D eigenvalue weighted by Gasteiger charge is 2.13. The lowest BCUT2D eigenvalue weighted by molar-refractivity contribution is 0.149. The molecule has 2 N–H and O–H groups in total. The molecule has 5 heteroatoms. The number of aryl methyl sites for hydroxylation is 1. The van der Waals surface area contributed by atoms with Gasteiger partial charge in [0, 0.05) is 24.3 Å². The van der Waals surface area contributed by atoms with Gasteiger partial charge in [-0.2, -0.15) is 4.98 Å². The van der Waals surface area contributed by atoms with Crippen LogP contribution in [0.2, 0.25) is 0 Å². The second kappa shape index (κ2) is 5.84. The number of nitrogens with two attached hydrogens (primary N) is 1. The Kier molecular flexibility index (Phi) is 4.16. The van der Waals surface area contributed by atoms with Crippen LogP contribution in [0, 0.1) is 13.8 Å². The molecule has 2 aromatic rings. The quantitative estimate of drug-likeness (QED) is 0.661. The Morgan fingerprint density at radius 3 is 2.84 bits per heavy atom. The van der Waals surface area contributed by atoms with Crippen LogP contribution in [0.5, 0.6) is 0 Å². The fourth-order valence-corrected chi connectivity index (χ4v) is 1.88. The third kappa shape index (κ3) is 3.12. The summed E-state index contributed by atoms with van der Waals surface area (Å²) in [7, 11) is 0. The van der Waals surface area contributed by atoms with Gasteiger partial charge in [0.1, 0.15) is 0 Å². The molecule has 0 amide bonds. The number of aromatic nitrogens is 2. The van der Waals surface area contributed by atoms with Crippen molar-refractivity contribution in [1.29, 1.82) is 0 Å². The number of anilines is 1. The van der Waals surface area contributed by atoms with Crippen LogP contribution in [0.3, 0.4) is 0 Å². The number of benzene rings is 1. The minimum absolute atomic E-state index is 0.513. The van der Waals surface area contributed by atoms with Crippen molar-refractivity contribution in [2.24, 2.45) is 0 Å². The number of rotatable bonds is 5. The van der Waals surface area contributed by atoms with Crippen molar-refractivity contribution in [3.63, 3.8) is 0 Å². The molecular formula is C14H19N3O2. The van der Waals surface area contributed by atoms with Crippen LogP contribution in [0.4, 0.5) is 5.69 Å². The molecule has 0 bridgehead atoms. The summed E-state index contributed by atoms with van der Waals surface area (Å²) >= 11 is 0. The Morgan fingerprint density at radius 2 is 2.11 bits per heavy atom. The topological polar surface area (TPSA) is 74.2 Å². The van der Waals surface area contributed by atoms with E-state index in [1.165, 1.54) is 0 Å². The van der Waals surface area contributed by atoms with Crippen molar-refractivity contribution in [3.8, 4) is 11.5 Å². The normalized spacial score (nSPS) is 10.9. The molecule has 1 heterocycles. The molecule has 0 saturated heterocycles. The monoisotopic (exact) mass is 261 g/mol. The Morgan fingerprint density at radius 1 is 1.32 bits per heavy atom. The van der Waals surface area contributed by atoms with Gasteiger partial charge in [0.25, 0.3) is 5.89 Å². The number of hydrogen-bond acceptors (Lipinski definition) is 5. The van der Waals surface area contributed by atoms with E-state index in [0.29, 0.717) is 37.0 Å². The van der Waals surface area contributed by atoms with E-state index in [9.17, 15) is 0 Å². The summed E-state index contributed by atoms with van der Waals surface area (Å²) in [5.41, 5.74) is 9.68. The maximum absolute atomic E-state index is 5.86. The van der Waals surface area contributed by atoms with Gasteiger partial charge in [0.05, 0.1) is 6.61 Å². The van der Waals surface area contributed by atoms with Crippen molar-refractivity contribution in [2.45, 2.75) is 27.2 Å². The standard InChI is InChI=1S/C14H19N3O2/c1-4-18-6-5-13-16-14(19-17-13)12-8-11(15)7-9(2)10(12)3/h7-8H,4-6,15H2,1-3H3. The van der Waals surface area contributed by atoms with E-state index < -0.39 is 0 Å². The molecule has 0 spiro atoms. The Hall–Kier alpha value is -1.88. The third-order valence-electron chi connectivity index (χ3n) is 3.06. The SMILES string of the molecule is CCOCCc1noc(-c2cc(N)cc(C)c2C)n1. The zero-order chi connectivity index (χ0) is 13.8. The largest absolute Gasteiger partial charge is 0.399 e. The highest BCUT2D eigenvalue weighted by atomic mass is 16.5. The van der Waals surface area contributed by atoms with Gasteiger partial charge >= 0.3 is 0 Å². The van der Waals surface area contributed by atoms with Gasteiger partial charge in [-0.15, -0.1) is 0 Å². The molecule has 1 aromatic carbocycles. The number of nitrogen functional groups attached to an aromatic ring is 1. The molecule has 19 heavy (non-hydrogen) atoms. The lowest BCUT2D eigenvalue weighted by Crippen LogP contribution is -1.99. The van der Waals surface area contributed by atoms with E-state index in [1.807, 2.05) is 32.9 Å². The Balaban J connectivity index is 2.23. The van der Waals surface area contributed by atoms with E-state index in [4.69, 9.17) is 15.0 Å². The fraction of sp³-hybridized carbons (Fsp3) is 0.429. The molecule has 1 aromatic heterocycles. The third-order valence-corrected chi connectivity index (χ3v) is 3.06. The summed E-state index contributed by atoms with van der Waals surface area (Å²) in [6.45, 7) is 7.29. The molecule has 5 nitrogen and oxygen atoms in total. The molecule has 0 saturated carbocycles. The van der Waals surface area contributed by atoms with E-state index >= 15 is 0 Å². The summed E-state index contributed by atoms with van der Waals surface area (Å²) in [5, 5.41) is 3.96. The van der Waals surface area contributed by atoms with Gasteiger partial charge in [-0.3, -0.25) is 0 Å². The summed E-state index contributed by atoms with van der Waals surface area (Å²) in [5.74, 6) is 1.17. The molecular weight excluding hydrogens is 242 g/mol. The van der Waals surface area contributed by atoms with E-state index in [0.717, 1.165) is 16.7 Å². The predicted octanol–water partition coefficient (Wildman–Crippen LogP) is 2.51. The zero-order valence-electron chi connectivity index (χ0n) is 11.6. The second-order valence-electron chi connectivity index (χ2n) is 4.47. The van der Waals surface area contributed by atoms with E-state index in [1.54, 1.807) is 0 Å². The lowest BCUT2D eigenvalue weighted by atomic mass is 10.0. The van der Waals surface area contributed by atoms with Crippen molar-refractivity contribution in [2.75, 3.05) is 18.9 Å². The van der Waals surface area contributed by atoms with Crippen LogP contribution in [0.25, 0.3) is 11.5 Å². The number of nitrogens with zero attached hydrogens (tertiary/aromatic N) is 2. The van der Waals surface area contributed by atoms with Gasteiger partial charge in [0.15, 0.2) is 5.82 Å². The second-order valence-corrected chi connectivity index (χ2v) is 4.47. The molecule has 0 aliphatic rings. The smallest absolute Gasteiger partial charge is 0.258 e. The van der Waals surface area contributed by atoms with Crippen molar-refractivity contribution < 1.29 is 9.26 Å². The predicted molar refractivity (Wildman–Crippen MR) is 73.8 cm³/mol. The molecule has 0 aliphatic carbocycles. The van der Waals surface area contributed by atoms with Crippen LogP contribution in [-0.2, 0) is 11.2 Å². The highest BCUT2D eigenvalue weighted by molar-refractivity contribution is 5.66. The molecule has 0 fully saturated rings. The van der Waals surface area contributed by atoms with Gasteiger partial charge in [-0.25, -0.2) is 0 Å². The summed E-state index contributed by atoms with van der Waals surface area (Å²) < 4.78 is 10.6. The maximum atomic E-state index is 5.86. The molecule has 0 aliphatic heterocycles. The lowest BCUT2D eigenvalue weighted by Gasteiger charge is -2.06. The number of ether oxygens (including phenoxy) is 1. The van der Waals surface area contributed by atoms with E-state index in [-0.39, 0.29) is 0 Å². The van der Waals surface area contributed by atoms with Crippen LogP contribution in [0.1, 0.15) is 23.9 Å². The van der Waals surface area contributed by atoms with Gasteiger partial charge < -0.3 is 15.0 Å². The first-order valence-corrected chi connectivity index (χ1v) is 6.39. The average Bonchev–Trinajstić information content (AvgIpc) is 2.83. The minimum Gasteiger partial charge on any atom is -0.399 e. The molecule has 0 atom stereocenters. The first kappa shape index (κ1) is 13.5. The van der Waals surface area contributed by atoms with Gasteiger partial charge in [-0.05, 0) is 44.0 Å². The highest BCUT2D eigenvalue weighted by Crippen LogP contribution is 2.26. The number of hydrogen-bond donors (Lipinski definition) is 1. The van der Waals surface area contributed by atoms with Crippen LogP contribution < -0.4 is 5.73 Å². The summed E-state index contributed by atoms with van der Waals surface area (Å²) in [6.07, 6.45) is 0.650. The van der Waals surface area contributed by atoms with Crippen molar-refractivity contribution in [1.82, 2.24) is 10.1 Å². The van der Waals surface area contributed by atoms with E-state index in [2.05, 4.69) is 10.1 Å². The van der Waals surface area contributed by atoms with Crippen LogP contribution in [0.15, 0.2) is 16.7 Å². The van der Waals surface area contributed by atoms with Crippen molar-refractivity contribution in [3.05, 3.63) is 29.1 Å². The molecule has 2 rings (SSSR count). The first-order valence-electron chi connectivity index (χ1n) is 6.39. The van der Waals surface area contributed by atoms with Crippen LogP contribution in [-0.4, -0.2) is 23.4 Å². The fourth-order valence-electron chi connectivity index (χ4n) is 1.88. The molecule has 0 radical (unpaired) electrons. The Labute approximate surface area is 112 Å². The summed E-state index contributed by atoms with van der Waals surface area (Å²) in [4.78, 5) is 4.38. The summed E-state index contributed by atoms with van der Waals surface area (Å²) in [6, 6.07) is 3.80. The Bertz CT molecular complexity index is 564. The zero-order valence-corrected chi connectivity index (χ0v) is 11.6. The van der Waals surface area contributed by atoms with Gasteiger partial charge in [0.2, 0.25) is 0 Å². The van der Waals surface area contributed by atoms with Crippen LogP contribution >= 0.6 is 0 Å². The van der Waals surface area contributed by atoms with Gasteiger partial charge in [-0.1, -0.05) is 5.16 Å².